The topological polar surface area (TPSA) is 82.7 Å². The highest BCUT2D eigenvalue weighted by molar-refractivity contribution is 7.89. The van der Waals surface area contributed by atoms with Gasteiger partial charge in [0.25, 0.3) is 5.91 Å². The lowest BCUT2D eigenvalue weighted by molar-refractivity contribution is 0.0698. The Balaban J connectivity index is 1.72. The first-order valence-corrected chi connectivity index (χ1v) is 9.44. The number of nitrogens with one attached hydrogen (secondary N) is 1. The molecule has 1 amide bonds. The molecule has 7 nitrogen and oxygen atoms in total. The summed E-state index contributed by atoms with van der Waals surface area (Å²) in [7, 11) is -2.04. The van der Waals surface area contributed by atoms with Crippen molar-refractivity contribution in [2.24, 2.45) is 0 Å². The summed E-state index contributed by atoms with van der Waals surface area (Å²) in [5, 5.41) is 0. The molecule has 1 aliphatic heterocycles. The zero-order chi connectivity index (χ0) is 18.0. The number of methoxy groups -OCH3 is 1. The van der Waals surface area contributed by atoms with Crippen molar-refractivity contribution in [3.8, 4) is 5.75 Å². The van der Waals surface area contributed by atoms with Gasteiger partial charge < -0.3 is 14.6 Å². The Morgan fingerprint density at radius 1 is 1.16 bits per heavy atom. The Kier molecular flexibility index (Phi) is 4.82. The van der Waals surface area contributed by atoms with Gasteiger partial charge in [0, 0.05) is 38.6 Å². The maximum absolute atomic E-state index is 12.9. The SMILES string of the molecule is COc1ccc(S(=O)(=O)N2CCN(C(=O)c3cc[nH]c3)CC2)c(C)c1. The molecule has 2 heterocycles. The minimum Gasteiger partial charge on any atom is -0.497 e. The third-order valence-electron chi connectivity index (χ3n) is 4.37. The number of piperazine rings is 1. The van der Waals surface area contributed by atoms with E-state index in [4.69, 9.17) is 4.74 Å². The zero-order valence-corrected chi connectivity index (χ0v) is 15.0. The van der Waals surface area contributed by atoms with Gasteiger partial charge in [0.1, 0.15) is 5.75 Å². The molecule has 25 heavy (non-hydrogen) atoms. The lowest BCUT2D eigenvalue weighted by atomic mass is 10.2. The second kappa shape index (κ2) is 6.89. The van der Waals surface area contributed by atoms with Gasteiger partial charge >= 0.3 is 0 Å². The largest absolute Gasteiger partial charge is 0.497 e. The molecule has 1 fully saturated rings. The second-order valence-corrected chi connectivity index (χ2v) is 7.83. The van der Waals surface area contributed by atoms with Crippen LogP contribution in [0.5, 0.6) is 5.75 Å². The molecule has 8 heteroatoms. The minimum absolute atomic E-state index is 0.0843. The average Bonchev–Trinajstić information content (AvgIpc) is 3.15. The number of aryl methyl sites for hydroxylation is 1. The highest BCUT2D eigenvalue weighted by atomic mass is 32.2. The number of ether oxygens (including phenoxy) is 1. The molecular weight excluding hydrogens is 342 g/mol. The molecule has 0 radical (unpaired) electrons. The van der Waals surface area contributed by atoms with Crippen LogP contribution in [-0.4, -0.2) is 61.8 Å². The number of amides is 1. The number of H-pyrrole nitrogens is 1. The number of hydrogen-bond acceptors (Lipinski definition) is 4. The van der Waals surface area contributed by atoms with Crippen LogP contribution >= 0.6 is 0 Å². The summed E-state index contributed by atoms with van der Waals surface area (Å²) in [6.07, 6.45) is 3.34. The van der Waals surface area contributed by atoms with Gasteiger partial charge in [-0.25, -0.2) is 8.42 Å². The molecule has 1 aromatic heterocycles. The quantitative estimate of drug-likeness (QED) is 0.892. The third kappa shape index (κ3) is 3.40. The van der Waals surface area contributed by atoms with E-state index in [9.17, 15) is 13.2 Å². The summed E-state index contributed by atoms with van der Waals surface area (Å²) in [5.41, 5.74) is 1.23. The number of hydrogen-bond donors (Lipinski definition) is 1. The maximum Gasteiger partial charge on any atom is 0.255 e. The van der Waals surface area contributed by atoms with Gasteiger partial charge in [-0.15, -0.1) is 0 Å². The van der Waals surface area contributed by atoms with E-state index in [1.807, 2.05) is 0 Å². The van der Waals surface area contributed by atoms with Gasteiger partial charge in [-0.05, 0) is 36.8 Å². The number of nitrogens with zero attached hydrogens (tertiary/aromatic N) is 2. The molecule has 0 unspecified atom stereocenters. The van der Waals surface area contributed by atoms with E-state index in [0.29, 0.717) is 30.0 Å². The Morgan fingerprint density at radius 3 is 2.44 bits per heavy atom. The molecule has 0 saturated carbocycles. The van der Waals surface area contributed by atoms with E-state index in [-0.39, 0.29) is 23.9 Å². The second-order valence-electron chi connectivity index (χ2n) is 5.93. The van der Waals surface area contributed by atoms with Crippen LogP contribution in [0.4, 0.5) is 0 Å². The van der Waals surface area contributed by atoms with Gasteiger partial charge in [-0.3, -0.25) is 4.79 Å². The van der Waals surface area contributed by atoms with Gasteiger partial charge in [0.2, 0.25) is 10.0 Å². The first-order chi connectivity index (χ1) is 11.9. The first-order valence-electron chi connectivity index (χ1n) is 8.00. The smallest absolute Gasteiger partial charge is 0.255 e. The van der Waals surface area contributed by atoms with Crippen molar-refractivity contribution in [1.82, 2.24) is 14.2 Å². The fourth-order valence-corrected chi connectivity index (χ4v) is 4.58. The number of benzene rings is 1. The van der Waals surface area contributed by atoms with Crippen molar-refractivity contribution in [3.05, 3.63) is 47.8 Å². The summed E-state index contributed by atoms with van der Waals surface area (Å²) in [4.78, 5) is 17.1. The van der Waals surface area contributed by atoms with Crippen LogP contribution in [0.2, 0.25) is 0 Å². The number of aromatic nitrogens is 1. The average molecular weight is 363 g/mol. The molecule has 3 rings (SSSR count). The monoisotopic (exact) mass is 363 g/mol. The fourth-order valence-electron chi connectivity index (χ4n) is 2.95. The molecule has 2 aromatic rings. The molecule has 1 N–H and O–H groups in total. The van der Waals surface area contributed by atoms with Crippen LogP contribution in [0.15, 0.2) is 41.6 Å². The fraction of sp³-hybridized carbons (Fsp3) is 0.353. The molecule has 1 aromatic carbocycles. The Labute approximate surface area is 147 Å². The van der Waals surface area contributed by atoms with E-state index >= 15 is 0 Å². The van der Waals surface area contributed by atoms with Crippen molar-refractivity contribution >= 4 is 15.9 Å². The van der Waals surface area contributed by atoms with Crippen molar-refractivity contribution < 1.29 is 17.9 Å². The Hall–Kier alpha value is -2.32. The summed E-state index contributed by atoms with van der Waals surface area (Å²) in [6, 6.07) is 6.64. The van der Waals surface area contributed by atoms with Crippen LogP contribution in [0.25, 0.3) is 0 Å². The zero-order valence-electron chi connectivity index (χ0n) is 14.2. The molecule has 1 aliphatic rings. The van der Waals surface area contributed by atoms with Crippen molar-refractivity contribution in [2.75, 3.05) is 33.3 Å². The number of rotatable bonds is 4. The lowest BCUT2D eigenvalue weighted by Crippen LogP contribution is -2.50. The molecule has 0 aliphatic carbocycles. The van der Waals surface area contributed by atoms with Crippen molar-refractivity contribution in [3.63, 3.8) is 0 Å². The van der Waals surface area contributed by atoms with E-state index in [1.165, 1.54) is 4.31 Å². The Bertz CT molecular complexity index is 854. The lowest BCUT2D eigenvalue weighted by Gasteiger charge is -2.34. The number of aromatic amines is 1. The van der Waals surface area contributed by atoms with E-state index in [1.54, 1.807) is 55.6 Å². The van der Waals surface area contributed by atoms with Crippen molar-refractivity contribution in [2.45, 2.75) is 11.8 Å². The molecule has 134 valence electrons. The van der Waals surface area contributed by atoms with Crippen LogP contribution in [0, 0.1) is 6.92 Å². The van der Waals surface area contributed by atoms with E-state index in [0.717, 1.165) is 0 Å². The summed E-state index contributed by atoms with van der Waals surface area (Å²) in [6.45, 7) is 3.06. The number of carbonyl (C=O) groups is 1. The molecule has 1 saturated heterocycles. The van der Waals surface area contributed by atoms with Crippen LogP contribution in [0.3, 0.4) is 0 Å². The Morgan fingerprint density at radius 2 is 1.88 bits per heavy atom. The number of carbonyl (C=O) groups excluding carboxylic acids is 1. The first kappa shape index (κ1) is 17.5. The summed E-state index contributed by atoms with van der Waals surface area (Å²) < 4.78 is 32.3. The van der Waals surface area contributed by atoms with Crippen LogP contribution in [-0.2, 0) is 10.0 Å². The normalized spacial score (nSPS) is 16.0. The van der Waals surface area contributed by atoms with Crippen LogP contribution in [0.1, 0.15) is 15.9 Å². The predicted molar refractivity (Wildman–Crippen MR) is 93.2 cm³/mol. The molecule has 0 spiro atoms. The van der Waals surface area contributed by atoms with Crippen LogP contribution < -0.4 is 4.74 Å². The standard InChI is InChI=1S/C17H21N3O4S/c1-13-11-15(24-2)3-4-16(13)25(22,23)20-9-7-19(8-10-20)17(21)14-5-6-18-12-14/h3-6,11-12,18H,7-10H2,1-2H3. The molecule has 0 atom stereocenters. The van der Waals surface area contributed by atoms with E-state index in [2.05, 4.69) is 4.98 Å². The summed E-state index contributed by atoms with van der Waals surface area (Å²) >= 11 is 0. The molecule has 0 bridgehead atoms. The maximum atomic E-state index is 12.9. The highest BCUT2D eigenvalue weighted by Crippen LogP contribution is 2.25. The van der Waals surface area contributed by atoms with Gasteiger partial charge in [-0.1, -0.05) is 0 Å². The van der Waals surface area contributed by atoms with E-state index < -0.39 is 10.0 Å². The molecular formula is C17H21N3O4S. The van der Waals surface area contributed by atoms with Gasteiger partial charge in [0.05, 0.1) is 17.6 Å². The number of sulfonamides is 1. The third-order valence-corrected chi connectivity index (χ3v) is 6.43. The van der Waals surface area contributed by atoms with Crippen molar-refractivity contribution in [1.29, 1.82) is 0 Å². The predicted octanol–water partition coefficient (Wildman–Crippen LogP) is 1.48. The van der Waals surface area contributed by atoms with Gasteiger partial charge in [0.15, 0.2) is 0 Å². The van der Waals surface area contributed by atoms with Gasteiger partial charge in [-0.2, -0.15) is 4.31 Å². The minimum atomic E-state index is -3.59. The highest BCUT2D eigenvalue weighted by Gasteiger charge is 2.31. The summed E-state index contributed by atoms with van der Waals surface area (Å²) in [5.74, 6) is 0.539.